The normalized spacial score (nSPS) is 21.2. The first kappa shape index (κ1) is 26.3. The van der Waals surface area contributed by atoms with Gasteiger partial charge in [-0.25, -0.2) is 5.48 Å². The van der Waals surface area contributed by atoms with Gasteiger partial charge in [0.05, 0.1) is 16.5 Å². The summed E-state index contributed by atoms with van der Waals surface area (Å²) < 4.78 is 0. The Morgan fingerprint density at radius 2 is 1.78 bits per heavy atom. The largest absolute Gasteiger partial charge is 0.399 e. The van der Waals surface area contributed by atoms with Gasteiger partial charge in [0.2, 0.25) is 11.8 Å². The molecule has 196 valence electrons. The van der Waals surface area contributed by atoms with Crippen LogP contribution in [0.15, 0.2) is 48.5 Å². The number of likely N-dealkylation sites (tertiary alicyclic amines) is 1. The van der Waals surface area contributed by atoms with Crippen LogP contribution in [-0.4, -0.2) is 58.3 Å². The van der Waals surface area contributed by atoms with E-state index < -0.39 is 17.2 Å². The Labute approximate surface area is 216 Å². The zero-order valence-corrected chi connectivity index (χ0v) is 21.3. The molecule has 2 aromatic carbocycles. The Morgan fingerprint density at radius 1 is 1.08 bits per heavy atom. The molecule has 0 saturated carbocycles. The second-order valence-corrected chi connectivity index (χ2v) is 10.5. The SMILES string of the molecule is CC(C)CC1(CC(=O)NO)C(=O)N(CCc2ccccc2)CC1CCN1C(=O)c2ccc(N)cc2C1=O. The zero-order valence-electron chi connectivity index (χ0n) is 21.3. The molecule has 0 radical (unpaired) electrons. The topological polar surface area (TPSA) is 133 Å². The van der Waals surface area contributed by atoms with Gasteiger partial charge in [0.1, 0.15) is 0 Å². The number of amides is 4. The summed E-state index contributed by atoms with van der Waals surface area (Å²) in [4.78, 5) is 55.2. The molecule has 37 heavy (non-hydrogen) atoms. The van der Waals surface area contributed by atoms with Gasteiger partial charge >= 0.3 is 0 Å². The number of carbonyl (C=O) groups excluding carboxylic acids is 4. The van der Waals surface area contributed by atoms with Crippen molar-refractivity contribution in [3.63, 3.8) is 0 Å². The van der Waals surface area contributed by atoms with Crippen LogP contribution in [0.2, 0.25) is 0 Å². The van der Waals surface area contributed by atoms with Gasteiger partial charge in [-0.1, -0.05) is 44.2 Å². The second kappa shape index (κ2) is 10.7. The molecule has 0 aliphatic carbocycles. The van der Waals surface area contributed by atoms with Gasteiger partial charge in [0.15, 0.2) is 0 Å². The molecular weight excluding hydrogens is 472 g/mol. The highest BCUT2D eigenvalue weighted by atomic mass is 16.5. The molecular formula is C28H34N4O5. The highest BCUT2D eigenvalue weighted by Gasteiger charge is 2.54. The third-order valence-corrected chi connectivity index (χ3v) is 7.52. The van der Waals surface area contributed by atoms with Crippen molar-refractivity contribution in [2.75, 3.05) is 25.4 Å². The van der Waals surface area contributed by atoms with E-state index in [2.05, 4.69) is 0 Å². The highest BCUT2D eigenvalue weighted by molar-refractivity contribution is 6.21. The Morgan fingerprint density at radius 3 is 2.46 bits per heavy atom. The van der Waals surface area contributed by atoms with Crippen molar-refractivity contribution in [1.29, 1.82) is 0 Å². The number of rotatable bonds is 10. The lowest BCUT2D eigenvalue weighted by Crippen LogP contribution is -2.43. The van der Waals surface area contributed by atoms with Crippen LogP contribution in [0, 0.1) is 17.3 Å². The van der Waals surface area contributed by atoms with E-state index in [4.69, 9.17) is 5.73 Å². The minimum atomic E-state index is -1.04. The summed E-state index contributed by atoms with van der Waals surface area (Å²) in [7, 11) is 0. The molecule has 2 atom stereocenters. The van der Waals surface area contributed by atoms with Gasteiger partial charge in [-0.15, -0.1) is 0 Å². The number of imide groups is 1. The third kappa shape index (κ3) is 5.22. The Bertz CT molecular complexity index is 1200. The van der Waals surface area contributed by atoms with E-state index in [9.17, 15) is 24.4 Å². The summed E-state index contributed by atoms with van der Waals surface area (Å²) in [6, 6.07) is 14.5. The molecule has 2 heterocycles. The molecule has 0 bridgehead atoms. The number of hydrogen-bond donors (Lipinski definition) is 3. The maximum Gasteiger partial charge on any atom is 0.261 e. The van der Waals surface area contributed by atoms with E-state index in [1.807, 2.05) is 44.2 Å². The zero-order chi connectivity index (χ0) is 26.7. The number of anilines is 1. The number of fused-ring (bicyclic) bond motifs is 1. The Balaban J connectivity index is 1.57. The number of hydroxylamine groups is 1. The molecule has 1 saturated heterocycles. The molecule has 0 aromatic heterocycles. The minimum Gasteiger partial charge on any atom is -0.399 e. The van der Waals surface area contributed by atoms with Crippen molar-refractivity contribution in [3.8, 4) is 0 Å². The summed E-state index contributed by atoms with van der Waals surface area (Å²) in [5, 5.41) is 9.30. The molecule has 4 rings (SSSR count). The van der Waals surface area contributed by atoms with Gasteiger partial charge in [-0.2, -0.15) is 0 Å². The van der Waals surface area contributed by atoms with Crippen LogP contribution in [0.5, 0.6) is 0 Å². The lowest BCUT2D eigenvalue weighted by Gasteiger charge is -2.34. The summed E-state index contributed by atoms with van der Waals surface area (Å²) in [5.41, 5.74) is 8.58. The van der Waals surface area contributed by atoms with Gasteiger partial charge in [-0.05, 0) is 54.9 Å². The molecule has 2 aliphatic rings. The van der Waals surface area contributed by atoms with Crippen LogP contribution < -0.4 is 11.2 Å². The fraction of sp³-hybridized carbons (Fsp3) is 0.429. The average molecular weight is 507 g/mol. The number of hydrogen-bond acceptors (Lipinski definition) is 6. The molecule has 4 amide bonds. The predicted octanol–water partition coefficient (Wildman–Crippen LogP) is 2.88. The molecule has 2 unspecified atom stereocenters. The fourth-order valence-corrected chi connectivity index (χ4v) is 5.88. The monoisotopic (exact) mass is 506 g/mol. The van der Waals surface area contributed by atoms with Gasteiger partial charge in [0, 0.05) is 31.7 Å². The summed E-state index contributed by atoms with van der Waals surface area (Å²) in [6.45, 7) is 5.00. The first-order valence-corrected chi connectivity index (χ1v) is 12.7. The van der Waals surface area contributed by atoms with Crippen molar-refractivity contribution >= 4 is 29.3 Å². The van der Waals surface area contributed by atoms with Crippen molar-refractivity contribution < 1.29 is 24.4 Å². The number of carbonyl (C=O) groups is 4. The summed E-state index contributed by atoms with van der Waals surface area (Å²) in [5.74, 6) is -1.71. The highest BCUT2D eigenvalue weighted by Crippen LogP contribution is 2.47. The minimum absolute atomic E-state index is 0.106. The molecule has 2 aliphatic heterocycles. The predicted molar refractivity (Wildman–Crippen MR) is 137 cm³/mol. The van der Waals surface area contributed by atoms with E-state index in [0.29, 0.717) is 43.6 Å². The molecule has 9 heteroatoms. The quantitative estimate of drug-likeness (QED) is 0.196. The molecule has 1 fully saturated rings. The summed E-state index contributed by atoms with van der Waals surface area (Å²) >= 11 is 0. The van der Waals surface area contributed by atoms with Crippen LogP contribution >= 0.6 is 0 Å². The van der Waals surface area contributed by atoms with E-state index in [1.54, 1.807) is 22.5 Å². The molecule has 2 aromatic rings. The number of nitrogens with zero attached hydrogens (tertiary/aromatic N) is 2. The first-order chi connectivity index (χ1) is 17.7. The van der Waals surface area contributed by atoms with Gasteiger partial charge in [0.25, 0.3) is 11.8 Å². The fourth-order valence-electron chi connectivity index (χ4n) is 5.88. The number of nitrogen functional groups attached to an aromatic ring is 1. The average Bonchev–Trinajstić information content (AvgIpc) is 3.26. The number of benzene rings is 2. The lowest BCUT2D eigenvalue weighted by atomic mass is 9.68. The van der Waals surface area contributed by atoms with Crippen LogP contribution in [0.3, 0.4) is 0 Å². The molecule has 9 nitrogen and oxygen atoms in total. The third-order valence-electron chi connectivity index (χ3n) is 7.52. The second-order valence-electron chi connectivity index (χ2n) is 10.5. The Kier molecular flexibility index (Phi) is 7.63. The summed E-state index contributed by atoms with van der Waals surface area (Å²) in [6.07, 6.45) is 1.32. The van der Waals surface area contributed by atoms with Crippen LogP contribution in [0.1, 0.15) is 59.4 Å². The van der Waals surface area contributed by atoms with Gasteiger partial charge in [-0.3, -0.25) is 29.3 Å². The van der Waals surface area contributed by atoms with Crippen LogP contribution in [0.25, 0.3) is 0 Å². The van der Waals surface area contributed by atoms with Crippen LogP contribution in [-0.2, 0) is 16.0 Å². The number of nitrogens with two attached hydrogens (primary N) is 1. The maximum absolute atomic E-state index is 13.9. The Hall–Kier alpha value is -3.72. The van der Waals surface area contributed by atoms with E-state index >= 15 is 0 Å². The molecule has 4 N–H and O–H groups in total. The van der Waals surface area contributed by atoms with Crippen LogP contribution in [0.4, 0.5) is 5.69 Å². The van der Waals surface area contributed by atoms with E-state index in [0.717, 1.165) is 5.56 Å². The van der Waals surface area contributed by atoms with E-state index in [1.165, 1.54) is 11.0 Å². The maximum atomic E-state index is 13.9. The van der Waals surface area contributed by atoms with Gasteiger partial charge < -0.3 is 10.6 Å². The molecule has 0 spiro atoms. The first-order valence-electron chi connectivity index (χ1n) is 12.7. The van der Waals surface area contributed by atoms with Crippen molar-refractivity contribution in [2.45, 2.75) is 39.5 Å². The van der Waals surface area contributed by atoms with Crippen molar-refractivity contribution in [3.05, 3.63) is 65.2 Å². The number of nitrogens with one attached hydrogen (secondary N) is 1. The smallest absolute Gasteiger partial charge is 0.261 e. The van der Waals surface area contributed by atoms with E-state index in [-0.39, 0.29) is 42.2 Å². The lowest BCUT2D eigenvalue weighted by molar-refractivity contribution is -0.144. The van der Waals surface area contributed by atoms with Crippen molar-refractivity contribution in [1.82, 2.24) is 15.3 Å². The van der Waals surface area contributed by atoms with Crippen molar-refractivity contribution in [2.24, 2.45) is 17.3 Å². The standard InChI is InChI=1S/C28H34N4O5/c1-18(2)15-28(16-24(33)30-37)20(17-31(27(28)36)12-10-19-6-4-3-5-7-19)11-13-32-25(34)22-9-8-21(29)14-23(22)26(32)35/h3-9,14,18,20,37H,10-13,15-17,29H2,1-2H3,(H,30,33).